The van der Waals surface area contributed by atoms with Crippen LogP contribution in [-0.4, -0.2) is 4.98 Å². The van der Waals surface area contributed by atoms with Gasteiger partial charge in [-0.3, -0.25) is 0 Å². The summed E-state index contributed by atoms with van der Waals surface area (Å²) in [7, 11) is 0. The predicted octanol–water partition coefficient (Wildman–Crippen LogP) is 14.0. The highest BCUT2D eigenvalue weighted by Crippen LogP contribution is 2.57. The van der Waals surface area contributed by atoms with Crippen LogP contribution >= 0.6 is 0 Å². The number of rotatable bonds is 5. The molecule has 0 bridgehead atoms. The molecule has 8 aromatic carbocycles. The van der Waals surface area contributed by atoms with Crippen LogP contribution in [0, 0.1) is 0 Å². The van der Waals surface area contributed by atoms with Crippen molar-refractivity contribution in [1.82, 2.24) is 4.98 Å². The highest BCUT2D eigenvalue weighted by Gasteiger charge is 2.39. The van der Waals surface area contributed by atoms with Gasteiger partial charge in [0.25, 0.3) is 0 Å². The molecule has 10 aromatic rings. The molecule has 0 amide bonds. The van der Waals surface area contributed by atoms with E-state index in [2.05, 4.69) is 146 Å². The van der Waals surface area contributed by atoms with Crippen molar-refractivity contribution in [2.24, 2.45) is 0 Å². The minimum absolute atomic E-state index is 0.194. The number of oxazole rings is 1. The SMILES string of the molecule is CC1(C)c2ccccc2-c2c(N(c3ccccc3-c3ccc4ccccc4c3)c3c4nc(-c5ccccc5)oc4cc4c3oc3ccccc34)cccc21. The first kappa shape index (κ1) is 30.7. The molecule has 256 valence electrons. The Balaban J connectivity index is 1.30. The lowest BCUT2D eigenvalue weighted by atomic mass is 9.82. The Hall–Kier alpha value is -6.91. The summed E-state index contributed by atoms with van der Waals surface area (Å²) < 4.78 is 13.6. The van der Waals surface area contributed by atoms with Crippen LogP contribution in [-0.2, 0) is 5.41 Å². The van der Waals surface area contributed by atoms with E-state index >= 15 is 0 Å². The van der Waals surface area contributed by atoms with E-state index < -0.39 is 0 Å². The summed E-state index contributed by atoms with van der Waals surface area (Å²) >= 11 is 0. The quantitative estimate of drug-likeness (QED) is 0.180. The number of furan rings is 1. The van der Waals surface area contributed by atoms with Gasteiger partial charge < -0.3 is 13.7 Å². The van der Waals surface area contributed by atoms with Gasteiger partial charge in [0.1, 0.15) is 16.8 Å². The minimum atomic E-state index is -0.194. The Morgan fingerprint density at radius 2 is 1.20 bits per heavy atom. The van der Waals surface area contributed by atoms with Crippen LogP contribution in [0.15, 0.2) is 179 Å². The summed E-state index contributed by atoms with van der Waals surface area (Å²) in [4.78, 5) is 7.71. The van der Waals surface area contributed by atoms with E-state index in [1.54, 1.807) is 0 Å². The summed E-state index contributed by atoms with van der Waals surface area (Å²) in [5.41, 5.74) is 13.9. The fourth-order valence-electron chi connectivity index (χ4n) is 8.70. The average molecular weight is 695 g/mol. The van der Waals surface area contributed by atoms with Crippen LogP contribution in [0.2, 0.25) is 0 Å². The van der Waals surface area contributed by atoms with Crippen molar-refractivity contribution in [3.8, 4) is 33.7 Å². The minimum Gasteiger partial charge on any atom is -0.454 e. The van der Waals surface area contributed by atoms with E-state index in [1.165, 1.54) is 33.0 Å². The van der Waals surface area contributed by atoms with Gasteiger partial charge in [-0.15, -0.1) is 0 Å². The maximum Gasteiger partial charge on any atom is 0.227 e. The molecule has 0 spiro atoms. The number of para-hydroxylation sites is 2. The van der Waals surface area contributed by atoms with Crippen molar-refractivity contribution in [2.45, 2.75) is 19.3 Å². The van der Waals surface area contributed by atoms with Crippen LogP contribution in [0.1, 0.15) is 25.0 Å². The molecule has 0 N–H and O–H groups in total. The molecule has 11 rings (SSSR count). The Kier molecular flexibility index (Phi) is 6.56. The Morgan fingerprint density at radius 1 is 0.500 bits per heavy atom. The Labute approximate surface area is 312 Å². The van der Waals surface area contributed by atoms with Crippen LogP contribution in [0.25, 0.3) is 77.5 Å². The van der Waals surface area contributed by atoms with E-state index in [1.807, 2.05) is 42.5 Å². The average Bonchev–Trinajstić information content (AvgIpc) is 3.89. The molecule has 0 fully saturated rings. The number of benzene rings is 8. The third kappa shape index (κ3) is 4.47. The molecular formula is C50H34N2O2. The topological polar surface area (TPSA) is 42.4 Å². The maximum absolute atomic E-state index is 6.94. The lowest BCUT2D eigenvalue weighted by Crippen LogP contribution is -2.16. The first-order chi connectivity index (χ1) is 26.5. The monoisotopic (exact) mass is 694 g/mol. The van der Waals surface area contributed by atoms with E-state index in [4.69, 9.17) is 13.8 Å². The molecule has 54 heavy (non-hydrogen) atoms. The highest BCUT2D eigenvalue weighted by molar-refractivity contribution is 6.19. The van der Waals surface area contributed by atoms with Crippen molar-refractivity contribution in [3.63, 3.8) is 0 Å². The van der Waals surface area contributed by atoms with Gasteiger partial charge in [-0.1, -0.05) is 141 Å². The van der Waals surface area contributed by atoms with Crippen LogP contribution in [0.5, 0.6) is 0 Å². The van der Waals surface area contributed by atoms with Gasteiger partial charge in [-0.25, -0.2) is 4.98 Å². The predicted molar refractivity (Wildman–Crippen MR) is 222 cm³/mol. The molecule has 0 unspecified atom stereocenters. The molecule has 4 nitrogen and oxygen atoms in total. The first-order valence-corrected chi connectivity index (χ1v) is 18.5. The number of anilines is 3. The number of aromatic nitrogens is 1. The van der Waals surface area contributed by atoms with Gasteiger partial charge in [0, 0.05) is 32.9 Å². The molecular weight excluding hydrogens is 661 g/mol. The van der Waals surface area contributed by atoms with Crippen molar-refractivity contribution in [2.75, 3.05) is 4.90 Å². The molecule has 0 aliphatic heterocycles. The third-order valence-electron chi connectivity index (χ3n) is 11.3. The molecule has 0 atom stereocenters. The number of hydrogen-bond acceptors (Lipinski definition) is 4. The molecule has 4 heteroatoms. The van der Waals surface area contributed by atoms with Crippen LogP contribution in [0.4, 0.5) is 17.1 Å². The number of hydrogen-bond donors (Lipinski definition) is 0. The summed E-state index contributed by atoms with van der Waals surface area (Å²) in [6.07, 6.45) is 0. The second-order valence-electron chi connectivity index (χ2n) is 14.7. The van der Waals surface area contributed by atoms with Crippen molar-refractivity contribution < 1.29 is 8.83 Å². The van der Waals surface area contributed by atoms with Crippen molar-refractivity contribution in [1.29, 1.82) is 0 Å². The maximum atomic E-state index is 6.94. The molecule has 2 aromatic heterocycles. The summed E-state index contributed by atoms with van der Waals surface area (Å²) in [5.74, 6) is 0.566. The smallest absolute Gasteiger partial charge is 0.227 e. The normalized spacial score (nSPS) is 13.1. The fraction of sp³-hybridized carbons (Fsp3) is 0.0600. The molecule has 1 aliphatic rings. The van der Waals surface area contributed by atoms with Crippen molar-refractivity contribution >= 4 is 60.9 Å². The van der Waals surface area contributed by atoms with E-state index in [0.717, 1.165) is 61.2 Å². The lowest BCUT2D eigenvalue weighted by Gasteiger charge is -2.30. The van der Waals surface area contributed by atoms with Gasteiger partial charge in [-0.05, 0) is 75.5 Å². The molecule has 2 heterocycles. The highest BCUT2D eigenvalue weighted by atomic mass is 16.4. The summed E-state index contributed by atoms with van der Waals surface area (Å²) in [5, 5.41) is 4.41. The Bertz CT molecular complexity index is 3100. The second-order valence-corrected chi connectivity index (χ2v) is 14.7. The van der Waals surface area contributed by atoms with Crippen LogP contribution in [0.3, 0.4) is 0 Å². The third-order valence-corrected chi connectivity index (χ3v) is 11.3. The first-order valence-electron chi connectivity index (χ1n) is 18.5. The standard InChI is InChI=1S/C50H34N2O2/c1-50(2)39-22-11-8-21-37(39)45-40(50)23-14-25-42(45)52(41-24-12-9-19-35(41)34-28-27-31-15-6-7-18-33(31)29-34)47-46-44(54-49(51-46)32-16-4-3-5-17-32)30-38-36-20-10-13-26-43(36)53-48(38)47/h3-30H,1-2H3. The molecule has 0 radical (unpaired) electrons. The van der Waals surface area contributed by atoms with Gasteiger partial charge in [0.15, 0.2) is 11.2 Å². The van der Waals surface area contributed by atoms with E-state index in [-0.39, 0.29) is 5.41 Å². The summed E-state index contributed by atoms with van der Waals surface area (Å²) in [6, 6.07) is 60.0. The van der Waals surface area contributed by atoms with Gasteiger partial charge in [-0.2, -0.15) is 0 Å². The number of fused-ring (bicyclic) bond motifs is 8. The zero-order chi connectivity index (χ0) is 36.0. The van der Waals surface area contributed by atoms with Gasteiger partial charge in [0.05, 0.1) is 11.4 Å². The Morgan fingerprint density at radius 3 is 2.09 bits per heavy atom. The van der Waals surface area contributed by atoms with Gasteiger partial charge in [0.2, 0.25) is 5.89 Å². The second kappa shape index (κ2) is 11.5. The van der Waals surface area contributed by atoms with E-state index in [9.17, 15) is 0 Å². The van der Waals surface area contributed by atoms with Gasteiger partial charge >= 0.3 is 0 Å². The molecule has 0 saturated heterocycles. The van der Waals surface area contributed by atoms with Crippen molar-refractivity contribution in [3.05, 3.63) is 181 Å². The molecule has 1 aliphatic carbocycles. The largest absolute Gasteiger partial charge is 0.454 e. The number of nitrogens with zero attached hydrogens (tertiary/aromatic N) is 2. The zero-order valence-corrected chi connectivity index (χ0v) is 29.9. The fourth-order valence-corrected chi connectivity index (χ4v) is 8.70. The molecule has 0 saturated carbocycles. The summed E-state index contributed by atoms with van der Waals surface area (Å²) in [6.45, 7) is 4.66. The van der Waals surface area contributed by atoms with Crippen LogP contribution < -0.4 is 4.90 Å². The zero-order valence-electron chi connectivity index (χ0n) is 29.9. The van der Waals surface area contributed by atoms with E-state index in [0.29, 0.717) is 11.5 Å². The lowest BCUT2D eigenvalue weighted by molar-refractivity contribution is 0.620.